The molecule has 0 bridgehead atoms. The van der Waals surface area contributed by atoms with Crippen LogP contribution < -0.4 is 5.73 Å². The van der Waals surface area contributed by atoms with Gasteiger partial charge in [0.05, 0.1) is 17.2 Å². The molecule has 148 valence electrons. The number of benzene rings is 1. The van der Waals surface area contributed by atoms with E-state index in [1.165, 1.54) is 17.8 Å². The number of amides is 2. The lowest BCUT2D eigenvalue weighted by atomic mass is 9.97. The van der Waals surface area contributed by atoms with E-state index in [2.05, 4.69) is 10.2 Å². The van der Waals surface area contributed by atoms with Gasteiger partial charge in [0.15, 0.2) is 11.0 Å². The van der Waals surface area contributed by atoms with Gasteiger partial charge in [0.1, 0.15) is 5.82 Å². The Labute approximate surface area is 166 Å². The largest absolute Gasteiger partial charge is 0.369 e. The number of thioether (sulfide) groups is 1. The van der Waals surface area contributed by atoms with E-state index in [-0.39, 0.29) is 35.3 Å². The number of nitrogens with two attached hydrogens (primary N) is 1. The molecule has 1 aromatic heterocycles. The molecule has 2 fully saturated rings. The first kappa shape index (κ1) is 18.9. The van der Waals surface area contributed by atoms with Crippen molar-refractivity contribution in [3.63, 3.8) is 0 Å². The van der Waals surface area contributed by atoms with E-state index in [1.807, 2.05) is 4.57 Å². The van der Waals surface area contributed by atoms with E-state index in [0.29, 0.717) is 29.6 Å². The maximum Gasteiger partial charge on any atom is 0.233 e. The Morgan fingerprint density at radius 3 is 2.71 bits per heavy atom. The third-order valence-electron chi connectivity index (χ3n) is 5.19. The van der Waals surface area contributed by atoms with Crippen LogP contribution in [0.1, 0.15) is 31.7 Å². The molecule has 1 aliphatic carbocycles. The Balaban J connectivity index is 1.48. The molecule has 2 N–H and O–H groups in total. The summed E-state index contributed by atoms with van der Waals surface area (Å²) >= 11 is 1.31. The van der Waals surface area contributed by atoms with Crippen molar-refractivity contribution in [3.05, 3.63) is 30.1 Å². The average molecular weight is 403 g/mol. The highest BCUT2D eigenvalue weighted by atomic mass is 32.2. The lowest BCUT2D eigenvalue weighted by Gasteiger charge is -2.31. The zero-order valence-corrected chi connectivity index (χ0v) is 16.2. The SMILES string of the molecule is NC(=O)[C@@H]1CCCN(C(=O)CSc2nnc(-c3ccccc3F)n2C2CC2)C1. The molecule has 1 aromatic carbocycles. The van der Waals surface area contributed by atoms with Gasteiger partial charge in [-0.1, -0.05) is 23.9 Å². The van der Waals surface area contributed by atoms with Crippen molar-refractivity contribution in [3.8, 4) is 11.4 Å². The van der Waals surface area contributed by atoms with E-state index in [9.17, 15) is 14.0 Å². The number of likely N-dealkylation sites (tertiary alicyclic amines) is 1. The van der Waals surface area contributed by atoms with E-state index >= 15 is 0 Å². The van der Waals surface area contributed by atoms with Crippen LogP contribution in [0.2, 0.25) is 0 Å². The van der Waals surface area contributed by atoms with Crippen LogP contribution in [-0.4, -0.2) is 50.3 Å². The second-order valence-corrected chi connectivity index (χ2v) is 8.20. The highest BCUT2D eigenvalue weighted by molar-refractivity contribution is 7.99. The molecule has 28 heavy (non-hydrogen) atoms. The molecule has 2 amide bonds. The van der Waals surface area contributed by atoms with Crippen molar-refractivity contribution in [2.24, 2.45) is 11.7 Å². The number of carbonyl (C=O) groups excluding carboxylic acids is 2. The first-order chi connectivity index (χ1) is 13.5. The van der Waals surface area contributed by atoms with Gasteiger partial charge in [0.2, 0.25) is 11.8 Å². The fraction of sp³-hybridized carbons (Fsp3) is 0.474. The molecule has 2 aromatic rings. The zero-order valence-electron chi connectivity index (χ0n) is 15.4. The summed E-state index contributed by atoms with van der Waals surface area (Å²) in [6, 6.07) is 6.75. The van der Waals surface area contributed by atoms with Crippen LogP contribution in [-0.2, 0) is 9.59 Å². The minimum Gasteiger partial charge on any atom is -0.369 e. The molecule has 0 radical (unpaired) electrons. The number of aromatic nitrogens is 3. The summed E-state index contributed by atoms with van der Waals surface area (Å²) < 4.78 is 16.2. The first-order valence-corrected chi connectivity index (χ1v) is 10.4. The number of halogens is 1. The number of rotatable bonds is 6. The lowest BCUT2D eigenvalue weighted by molar-refractivity contribution is -0.132. The van der Waals surface area contributed by atoms with Crippen LogP contribution in [0.5, 0.6) is 0 Å². The van der Waals surface area contributed by atoms with E-state index < -0.39 is 0 Å². The molecule has 4 rings (SSSR count). The van der Waals surface area contributed by atoms with Gasteiger partial charge in [-0.25, -0.2) is 4.39 Å². The van der Waals surface area contributed by atoms with Gasteiger partial charge in [-0.15, -0.1) is 10.2 Å². The number of hydrogen-bond acceptors (Lipinski definition) is 5. The van der Waals surface area contributed by atoms with Gasteiger partial charge in [0, 0.05) is 19.1 Å². The number of primary amides is 1. The van der Waals surface area contributed by atoms with Gasteiger partial charge < -0.3 is 10.6 Å². The molecule has 1 saturated heterocycles. The molecule has 7 nitrogen and oxygen atoms in total. The van der Waals surface area contributed by atoms with Gasteiger partial charge in [-0.05, 0) is 37.8 Å². The fourth-order valence-corrected chi connectivity index (χ4v) is 4.43. The molecule has 0 spiro atoms. The smallest absolute Gasteiger partial charge is 0.233 e. The Morgan fingerprint density at radius 1 is 1.21 bits per heavy atom. The molecule has 2 heterocycles. The van der Waals surface area contributed by atoms with Crippen molar-refractivity contribution >= 4 is 23.6 Å². The van der Waals surface area contributed by atoms with Gasteiger partial charge in [-0.2, -0.15) is 0 Å². The number of piperidine rings is 1. The molecule has 1 atom stereocenters. The lowest BCUT2D eigenvalue weighted by Crippen LogP contribution is -2.44. The minimum absolute atomic E-state index is 0.0475. The Kier molecular flexibility index (Phi) is 5.34. The molecule has 2 aliphatic rings. The highest BCUT2D eigenvalue weighted by Crippen LogP contribution is 2.41. The second kappa shape index (κ2) is 7.90. The van der Waals surface area contributed by atoms with Crippen LogP contribution in [0.3, 0.4) is 0 Å². The summed E-state index contributed by atoms with van der Waals surface area (Å²) in [6.45, 7) is 1.02. The van der Waals surface area contributed by atoms with Crippen molar-refractivity contribution in [1.29, 1.82) is 0 Å². The van der Waals surface area contributed by atoms with Crippen LogP contribution in [0.25, 0.3) is 11.4 Å². The summed E-state index contributed by atoms with van der Waals surface area (Å²) in [6.07, 6.45) is 3.49. The third kappa shape index (κ3) is 3.89. The quantitative estimate of drug-likeness (QED) is 0.747. The van der Waals surface area contributed by atoms with Crippen LogP contribution in [0.15, 0.2) is 29.4 Å². The number of hydrogen-bond donors (Lipinski definition) is 1. The molecule has 1 aliphatic heterocycles. The van der Waals surface area contributed by atoms with Crippen LogP contribution >= 0.6 is 11.8 Å². The predicted octanol–water partition coefficient (Wildman–Crippen LogP) is 2.24. The average Bonchev–Trinajstić information content (AvgIpc) is 3.46. The second-order valence-electron chi connectivity index (χ2n) is 7.26. The molecular weight excluding hydrogens is 381 g/mol. The molecule has 9 heteroatoms. The van der Waals surface area contributed by atoms with E-state index in [0.717, 1.165) is 25.7 Å². The normalized spacial score (nSPS) is 19.6. The van der Waals surface area contributed by atoms with E-state index in [4.69, 9.17) is 5.73 Å². The topological polar surface area (TPSA) is 94.1 Å². The number of nitrogens with zero attached hydrogens (tertiary/aromatic N) is 4. The Hall–Kier alpha value is -2.42. The van der Waals surface area contributed by atoms with E-state index in [1.54, 1.807) is 23.1 Å². The molecule has 1 saturated carbocycles. The summed E-state index contributed by atoms with van der Waals surface area (Å²) in [5.41, 5.74) is 5.81. The molecular formula is C19H22FN5O2S. The van der Waals surface area contributed by atoms with Crippen molar-refractivity contribution < 1.29 is 14.0 Å². The zero-order chi connectivity index (χ0) is 19.7. The van der Waals surface area contributed by atoms with Crippen molar-refractivity contribution in [2.45, 2.75) is 36.9 Å². The van der Waals surface area contributed by atoms with Gasteiger partial charge >= 0.3 is 0 Å². The summed E-state index contributed by atoms with van der Waals surface area (Å²) in [5.74, 6) is -0.307. The highest BCUT2D eigenvalue weighted by Gasteiger charge is 2.32. The summed E-state index contributed by atoms with van der Waals surface area (Å²) in [4.78, 5) is 25.7. The monoisotopic (exact) mass is 403 g/mol. The standard InChI is InChI=1S/C19H22FN5O2S/c20-15-6-2-1-5-14(15)18-22-23-19(25(18)13-7-8-13)28-11-16(26)24-9-3-4-12(10-24)17(21)27/h1-2,5-6,12-13H,3-4,7-11H2,(H2,21,27)/t12-/m1/s1. The Morgan fingerprint density at radius 2 is 2.00 bits per heavy atom. The van der Waals surface area contributed by atoms with Crippen LogP contribution in [0, 0.1) is 11.7 Å². The fourth-order valence-electron chi connectivity index (χ4n) is 3.52. The first-order valence-electron chi connectivity index (χ1n) is 9.44. The maximum atomic E-state index is 14.2. The summed E-state index contributed by atoms with van der Waals surface area (Å²) in [5, 5.41) is 9.04. The third-order valence-corrected chi connectivity index (χ3v) is 6.12. The molecule has 0 unspecified atom stereocenters. The number of carbonyl (C=O) groups is 2. The summed E-state index contributed by atoms with van der Waals surface area (Å²) in [7, 11) is 0. The van der Waals surface area contributed by atoms with Gasteiger partial charge in [-0.3, -0.25) is 14.2 Å². The maximum absolute atomic E-state index is 14.2. The minimum atomic E-state index is -0.354. The Bertz CT molecular complexity index is 898. The van der Waals surface area contributed by atoms with Gasteiger partial charge in [0.25, 0.3) is 0 Å². The van der Waals surface area contributed by atoms with Crippen molar-refractivity contribution in [2.75, 3.05) is 18.8 Å². The predicted molar refractivity (Wildman–Crippen MR) is 103 cm³/mol. The van der Waals surface area contributed by atoms with Crippen LogP contribution in [0.4, 0.5) is 4.39 Å². The van der Waals surface area contributed by atoms with Crippen molar-refractivity contribution in [1.82, 2.24) is 19.7 Å².